The van der Waals surface area contributed by atoms with Crippen molar-refractivity contribution in [3.05, 3.63) is 23.9 Å². The molecule has 0 saturated carbocycles. The van der Waals surface area contributed by atoms with E-state index in [1.165, 1.54) is 68.2 Å². The van der Waals surface area contributed by atoms with Crippen LogP contribution in [-0.4, -0.2) is 30.6 Å². The van der Waals surface area contributed by atoms with E-state index >= 15 is 0 Å². The van der Waals surface area contributed by atoms with Crippen LogP contribution >= 0.6 is 0 Å². The van der Waals surface area contributed by atoms with Gasteiger partial charge in [-0.1, -0.05) is 64.7 Å². The van der Waals surface area contributed by atoms with Crippen molar-refractivity contribution in [3.8, 4) is 18.2 Å². The smallest absolute Gasteiger partial charge is 0.348 e. The summed E-state index contributed by atoms with van der Waals surface area (Å²) in [7, 11) is 0. The second kappa shape index (κ2) is 19.0. The minimum atomic E-state index is -0.643. The maximum Gasteiger partial charge on any atom is 0.348 e. The normalized spacial score (nSPS) is 10.9. The number of carbonyl (C=O) groups excluding carboxylic acids is 1. The van der Waals surface area contributed by atoms with E-state index in [9.17, 15) is 4.79 Å². The number of unbranched alkanes of at least 4 members (excludes halogenated alkanes) is 9. The maximum atomic E-state index is 11.9. The van der Waals surface area contributed by atoms with Crippen molar-refractivity contribution in [3.63, 3.8) is 0 Å². The lowest BCUT2D eigenvalue weighted by Crippen LogP contribution is -2.17. The van der Waals surface area contributed by atoms with Crippen LogP contribution in [0.3, 0.4) is 0 Å². The van der Waals surface area contributed by atoms with Crippen molar-refractivity contribution in [2.75, 3.05) is 19.7 Å². The first-order valence-corrected chi connectivity index (χ1v) is 10.1. The SMILES string of the molecule is CCCCCCCCCCCCOC(=O)/C(C#N)=C\C=C\N(CC#N)CC#N. The lowest BCUT2D eigenvalue weighted by Gasteiger charge is -2.10. The van der Waals surface area contributed by atoms with Crippen LogP contribution in [-0.2, 0) is 9.53 Å². The summed E-state index contributed by atoms with van der Waals surface area (Å²) in [5.41, 5.74) is -0.0998. The van der Waals surface area contributed by atoms with E-state index in [1.807, 2.05) is 18.2 Å². The van der Waals surface area contributed by atoms with Gasteiger partial charge in [0.15, 0.2) is 0 Å². The van der Waals surface area contributed by atoms with E-state index < -0.39 is 5.97 Å². The number of nitrogens with zero attached hydrogens (tertiary/aromatic N) is 4. The molecule has 0 amide bonds. The Hall–Kier alpha value is -2.78. The molecule has 0 aromatic carbocycles. The first kappa shape index (κ1) is 25.2. The van der Waals surface area contributed by atoms with E-state index in [4.69, 9.17) is 20.5 Å². The van der Waals surface area contributed by atoms with Crippen LogP contribution in [0.5, 0.6) is 0 Å². The summed E-state index contributed by atoms with van der Waals surface area (Å²) in [5, 5.41) is 26.4. The fourth-order valence-corrected chi connectivity index (χ4v) is 2.59. The van der Waals surface area contributed by atoms with Crippen LogP contribution in [0, 0.1) is 34.0 Å². The largest absolute Gasteiger partial charge is 0.462 e. The zero-order chi connectivity index (χ0) is 20.9. The molecule has 0 fully saturated rings. The number of carbonyl (C=O) groups is 1. The van der Waals surface area contributed by atoms with E-state index in [1.54, 1.807) is 0 Å². The van der Waals surface area contributed by atoms with E-state index in [0.717, 1.165) is 19.3 Å². The summed E-state index contributed by atoms with van der Waals surface area (Å²) in [4.78, 5) is 13.4. The zero-order valence-electron chi connectivity index (χ0n) is 17.0. The monoisotopic (exact) mass is 384 g/mol. The number of esters is 1. The summed E-state index contributed by atoms with van der Waals surface area (Å²) in [6.07, 6.45) is 16.3. The van der Waals surface area contributed by atoms with Gasteiger partial charge in [-0.05, 0) is 18.6 Å². The third-order valence-electron chi connectivity index (χ3n) is 4.18. The summed E-state index contributed by atoms with van der Waals surface area (Å²) in [6, 6.07) is 5.69. The molecule has 0 unspecified atom stereocenters. The first-order chi connectivity index (χ1) is 13.7. The highest BCUT2D eigenvalue weighted by molar-refractivity contribution is 5.93. The van der Waals surface area contributed by atoms with Gasteiger partial charge in [-0.3, -0.25) is 0 Å². The summed E-state index contributed by atoms with van der Waals surface area (Å²) in [5.74, 6) is -0.643. The molecule has 6 heteroatoms. The molecule has 0 aliphatic rings. The van der Waals surface area contributed by atoms with Crippen LogP contribution in [0.2, 0.25) is 0 Å². The third kappa shape index (κ3) is 14.4. The maximum absolute atomic E-state index is 11.9. The van der Waals surface area contributed by atoms with Crippen molar-refractivity contribution in [1.82, 2.24) is 4.90 Å². The minimum absolute atomic E-state index is 0.0585. The number of ether oxygens (including phenoxy) is 1. The van der Waals surface area contributed by atoms with Crippen LogP contribution < -0.4 is 0 Å². The van der Waals surface area contributed by atoms with Gasteiger partial charge in [-0.2, -0.15) is 15.8 Å². The van der Waals surface area contributed by atoms with Gasteiger partial charge in [0.25, 0.3) is 0 Å². The number of nitriles is 3. The van der Waals surface area contributed by atoms with Crippen LogP contribution in [0.1, 0.15) is 71.1 Å². The molecule has 0 atom stereocenters. The van der Waals surface area contributed by atoms with E-state index in [-0.39, 0.29) is 18.7 Å². The van der Waals surface area contributed by atoms with Gasteiger partial charge < -0.3 is 9.64 Å². The van der Waals surface area contributed by atoms with Crippen molar-refractivity contribution < 1.29 is 9.53 Å². The van der Waals surface area contributed by atoms with Crippen molar-refractivity contribution in [1.29, 1.82) is 15.8 Å². The summed E-state index contributed by atoms with van der Waals surface area (Å²) in [6.45, 7) is 2.65. The first-order valence-electron chi connectivity index (χ1n) is 10.1. The third-order valence-corrected chi connectivity index (χ3v) is 4.18. The van der Waals surface area contributed by atoms with E-state index in [0.29, 0.717) is 6.61 Å². The van der Waals surface area contributed by atoms with Crippen molar-refractivity contribution in [2.45, 2.75) is 71.1 Å². The molecule has 0 aromatic heterocycles. The van der Waals surface area contributed by atoms with Gasteiger partial charge in [-0.25, -0.2) is 4.79 Å². The predicted octanol–water partition coefficient (Wildman–Crippen LogP) is 4.76. The number of hydrogen-bond donors (Lipinski definition) is 0. The molecule has 0 heterocycles. The highest BCUT2D eigenvalue weighted by atomic mass is 16.5. The van der Waals surface area contributed by atoms with Gasteiger partial charge in [-0.15, -0.1) is 0 Å². The minimum Gasteiger partial charge on any atom is -0.462 e. The fourth-order valence-electron chi connectivity index (χ4n) is 2.59. The molecule has 0 aliphatic carbocycles. The highest BCUT2D eigenvalue weighted by Gasteiger charge is 2.09. The van der Waals surface area contributed by atoms with Crippen LogP contribution in [0.4, 0.5) is 0 Å². The summed E-state index contributed by atoms with van der Waals surface area (Å²) < 4.78 is 5.14. The van der Waals surface area contributed by atoms with Crippen LogP contribution in [0.25, 0.3) is 0 Å². The highest BCUT2D eigenvalue weighted by Crippen LogP contribution is 2.10. The van der Waals surface area contributed by atoms with Gasteiger partial charge in [0, 0.05) is 6.20 Å². The standard InChI is InChI=1S/C22H32N4O2/c1-2-3-4-5-6-7-8-9-10-11-19-28-22(27)21(20-25)13-12-16-26(17-14-23)18-15-24/h12-13,16H,2-11,17-19H2,1H3/b16-12+,21-13-. The molecule has 0 aromatic rings. The molecule has 0 aliphatic heterocycles. The Morgan fingerprint density at radius 1 is 0.893 bits per heavy atom. The molecule has 0 bridgehead atoms. The Labute approximate surface area is 169 Å². The molecule has 0 spiro atoms. The van der Waals surface area contributed by atoms with Gasteiger partial charge in [0.1, 0.15) is 24.7 Å². The average molecular weight is 385 g/mol. The van der Waals surface area contributed by atoms with Crippen molar-refractivity contribution in [2.24, 2.45) is 0 Å². The second-order valence-corrected chi connectivity index (χ2v) is 6.57. The molecule has 6 nitrogen and oxygen atoms in total. The topological polar surface area (TPSA) is 101 Å². The number of rotatable bonds is 16. The zero-order valence-corrected chi connectivity index (χ0v) is 17.0. The summed E-state index contributed by atoms with van der Waals surface area (Å²) >= 11 is 0. The molecule has 152 valence electrons. The molecule has 28 heavy (non-hydrogen) atoms. The van der Waals surface area contributed by atoms with Crippen LogP contribution in [0.15, 0.2) is 23.9 Å². The molecular weight excluding hydrogens is 352 g/mol. The quantitative estimate of drug-likeness (QED) is 0.0949. The Morgan fingerprint density at radius 3 is 1.93 bits per heavy atom. The fraction of sp³-hybridized carbons (Fsp3) is 0.636. The number of allylic oxidation sites excluding steroid dienone is 2. The lowest BCUT2D eigenvalue weighted by molar-refractivity contribution is -0.138. The lowest BCUT2D eigenvalue weighted by atomic mass is 10.1. The number of hydrogen-bond acceptors (Lipinski definition) is 6. The molecule has 0 rings (SSSR count). The molecule has 0 N–H and O–H groups in total. The molecule has 0 saturated heterocycles. The predicted molar refractivity (Wildman–Crippen MR) is 108 cm³/mol. The Kier molecular flexibility index (Phi) is 17.1. The van der Waals surface area contributed by atoms with Crippen molar-refractivity contribution >= 4 is 5.97 Å². The average Bonchev–Trinajstić information content (AvgIpc) is 2.69. The van der Waals surface area contributed by atoms with Gasteiger partial charge >= 0.3 is 5.97 Å². The second-order valence-electron chi connectivity index (χ2n) is 6.57. The Balaban J connectivity index is 3.98. The molecular formula is C22H32N4O2. The molecule has 0 radical (unpaired) electrons. The van der Waals surface area contributed by atoms with Gasteiger partial charge in [0.2, 0.25) is 0 Å². The Morgan fingerprint density at radius 2 is 1.43 bits per heavy atom. The Bertz CT molecular complexity index is 589. The van der Waals surface area contributed by atoms with Gasteiger partial charge in [0.05, 0.1) is 18.7 Å². The van der Waals surface area contributed by atoms with E-state index in [2.05, 4.69) is 6.92 Å².